The van der Waals surface area contributed by atoms with Crippen molar-refractivity contribution in [3.05, 3.63) is 120 Å². The smallest absolute Gasteiger partial charge is 0.238 e. The number of benzene rings is 3. The highest BCUT2D eigenvalue weighted by molar-refractivity contribution is 6.18. The number of fused-ring (bicyclic) bond motifs is 6. The summed E-state index contributed by atoms with van der Waals surface area (Å²) in [5, 5.41) is 3.04. The maximum atomic E-state index is 14.7. The van der Waals surface area contributed by atoms with Crippen LogP contribution in [-0.4, -0.2) is 36.7 Å². The largest absolute Gasteiger partial charge is 0.497 e. The Balaban J connectivity index is 1.55. The Kier molecular flexibility index (Phi) is 5.32. The van der Waals surface area contributed by atoms with E-state index < -0.39 is 29.2 Å². The average Bonchev–Trinajstić information content (AvgIpc) is 3.70. The number of nitrogens with zero attached hydrogens (tertiary/aromatic N) is 1. The van der Waals surface area contributed by atoms with Crippen LogP contribution in [0, 0.1) is 5.92 Å². The van der Waals surface area contributed by atoms with Gasteiger partial charge in [0.2, 0.25) is 11.7 Å². The Morgan fingerprint density at radius 1 is 0.950 bits per heavy atom. The van der Waals surface area contributed by atoms with E-state index >= 15 is 0 Å². The molecule has 4 heterocycles. The van der Waals surface area contributed by atoms with Crippen LogP contribution < -0.4 is 15.0 Å². The fourth-order valence-electron chi connectivity index (χ4n) is 6.91. The summed E-state index contributed by atoms with van der Waals surface area (Å²) in [7, 11) is 1.54. The first kappa shape index (κ1) is 24.2. The summed E-state index contributed by atoms with van der Waals surface area (Å²) in [6.45, 7) is 2.00. The van der Waals surface area contributed by atoms with Crippen LogP contribution in [0.1, 0.15) is 39.0 Å². The maximum absolute atomic E-state index is 14.7. The number of rotatable bonds is 5. The SMILES string of the molecule is COc1cccc(C(=O)[C@@H]2[C@H](C(=O)c3ccco3)[C@@]3(C(=O)Nc4ccccc43)[C@@H]3C=C(C)c4ccccc4N23)c1. The quantitative estimate of drug-likeness (QED) is 0.341. The van der Waals surface area contributed by atoms with E-state index in [0.29, 0.717) is 22.6 Å². The van der Waals surface area contributed by atoms with Gasteiger partial charge in [-0.2, -0.15) is 0 Å². The van der Waals surface area contributed by atoms with Crippen LogP contribution in [0.25, 0.3) is 5.57 Å². The van der Waals surface area contributed by atoms with Gasteiger partial charge in [-0.3, -0.25) is 14.4 Å². The zero-order chi connectivity index (χ0) is 27.6. The van der Waals surface area contributed by atoms with E-state index in [1.165, 1.54) is 6.26 Å². The Labute approximate surface area is 231 Å². The molecule has 1 amide bonds. The molecule has 3 aliphatic rings. The number of carbonyl (C=O) groups excluding carboxylic acids is 3. The van der Waals surface area contributed by atoms with Gasteiger partial charge in [-0.05, 0) is 54.5 Å². The van der Waals surface area contributed by atoms with E-state index in [0.717, 1.165) is 16.8 Å². The van der Waals surface area contributed by atoms with Gasteiger partial charge in [-0.25, -0.2) is 0 Å². The topological polar surface area (TPSA) is 88.9 Å². The molecular formula is C33H26N2O5. The highest BCUT2D eigenvalue weighted by Crippen LogP contribution is 2.58. The standard InChI is InChI=1S/C33H26N2O5/c1-19-17-27-33(23-12-4-5-13-24(23)34-32(33)38)28(31(37)26-15-8-16-40-26)29(35(27)25-14-6-3-11-22(19)25)30(36)20-9-7-10-21(18-20)39-2/h3-18,27-29H,1-2H3,(H,34,38)/t27-,28+,29-,33-/m0/s1. The number of nitrogens with one attached hydrogen (secondary N) is 1. The molecule has 1 N–H and O–H groups in total. The number of carbonyl (C=O) groups is 3. The van der Waals surface area contributed by atoms with Crippen LogP contribution >= 0.6 is 0 Å². The number of amides is 1. The zero-order valence-electron chi connectivity index (χ0n) is 22.0. The lowest BCUT2D eigenvalue weighted by Crippen LogP contribution is -2.51. The lowest BCUT2D eigenvalue weighted by molar-refractivity contribution is -0.121. The maximum Gasteiger partial charge on any atom is 0.238 e. The second-order valence-electron chi connectivity index (χ2n) is 10.4. The van der Waals surface area contributed by atoms with Crippen LogP contribution in [0.15, 0.2) is 102 Å². The molecule has 40 heavy (non-hydrogen) atoms. The fraction of sp³-hybridized carbons (Fsp3) is 0.182. The van der Waals surface area contributed by atoms with E-state index in [1.807, 2.05) is 66.4 Å². The normalized spacial score (nSPS) is 24.1. The molecule has 1 spiro atoms. The molecule has 0 unspecified atom stereocenters. The Hall–Kier alpha value is -4.91. The van der Waals surface area contributed by atoms with Crippen LogP contribution in [0.2, 0.25) is 0 Å². The molecule has 3 aromatic carbocycles. The minimum absolute atomic E-state index is 0.110. The summed E-state index contributed by atoms with van der Waals surface area (Å²) in [6, 6.07) is 23.8. The highest BCUT2D eigenvalue weighted by atomic mass is 16.5. The first-order valence-electron chi connectivity index (χ1n) is 13.2. The van der Waals surface area contributed by atoms with Gasteiger partial charge in [0.15, 0.2) is 11.5 Å². The molecule has 0 saturated carbocycles. The summed E-state index contributed by atoms with van der Waals surface area (Å²) >= 11 is 0. The number of hydrogen-bond acceptors (Lipinski definition) is 6. The number of ketones is 2. The van der Waals surface area contributed by atoms with Gasteiger partial charge in [0.25, 0.3) is 0 Å². The Bertz CT molecular complexity index is 1720. The van der Waals surface area contributed by atoms with Crippen molar-refractivity contribution in [1.82, 2.24) is 0 Å². The van der Waals surface area contributed by atoms with Crippen molar-refractivity contribution in [3.8, 4) is 5.75 Å². The Morgan fingerprint density at radius 2 is 1.75 bits per heavy atom. The number of para-hydroxylation sites is 2. The van der Waals surface area contributed by atoms with E-state index in [1.54, 1.807) is 43.5 Å². The summed E-state index contributed by atoms with van der Waals surface area (Å²) in [6.07, 6.45) is 3.47. The summed E-state index contributed by atoms with van der Waals surface area (Å²) < 4.78 is 11.0. The number of furan rings is 1. The van der Waals surface area contributed by atoms with Gasteiger partial charge in [-0.1, -0.05) is 54.6 Å². The van der Waals surface area contributed by atoms with Gasteiger partial charge in [0.05, 0.1) is 25.3 Å². The summed E-state index contributed by atoms with van der Waals surface area (Å²) in [5.41, 5.74) is 3.09. The number of ether oxygens (including phenoxy) is 1. The molecule has 3 aliphatic heterocycles. The van der Waals surface area contributed by atoms with Gasteiger partial charge in [0.1, 0.15) is 17.2 Å². The van der Waals surface area contributed by atoms with Gasteiger partial charge in [0, 0.05) is 22.5 Å². The lowest BCUT2D eigenvalue weighted by Gasteiger charge is -2.39. The summed E-state index contributed by atoms with van der Waals surface area (Å²) in [4.78, 5) is 45.5. The fourth-order valence-corrected chi connectivity index (χ4v) is 6.91. The molecule has 1 saturated heterocycles. The molecular weight excluding hydrogens is 504 g/mol. The molecule has 7 rings (SSSR count). The molecule has 7 nitrogen and oxygen atoms in total. The highest BCUT2D eigenvalue weighted by Gasteiger charge is 2.70. The number of hydrogen-bond donors (Lipinski definition) is 1. The number of anilines is 2. The molecule has 4 atom stereocenters. The second-order valence-corrected chi connectivity index (χ2v) is 10.4. The first-order chi connectivity index (χ1) is 19.5. The van der Waals surface area contributed by atoms with E-state index in [4.69, 9.17) is 9.15 Å². The molecule has 4 aromatic rings. The molecule has 0 aliphatic carbocycles. The van der Waals surface area contributed by atoms with Crippen LogP contribution in [0.3, 0.4) is 0 Å². The number of allylic oxidation sites excluding steroid dienone is 1. The van der Waals surface area contributed by atoms with Crippen LogP contribution in [0.5, 0.6) is 5.75 Å². The van der Waals surface area contributed by atoms with Crippen molar-refractivity contribution >= 4 is 34.4 Å². The molecule has 0 bridgehead atoms. The lowest BCUT2D eigenvalue weighted by atomic mass is 9.64. The predicted molar refractivity (Wildman–Crippen MR) is 151 cm³/mol. The first-order valence-corrected chi connectivity index (χ1v) is 13.2. The monoisotopic (exact) mass is 530 g/mol. The Morgan fingerprint density at radius 3 is 2.55 bits per heavy atom. The van der Waals surface area contributed by atoms with Gasteiger partial charge < -0.3 is 19.4 Å². The van der Waals surface area contributed by atoms with E-state index in [2.05, 4.69) is 5.32 Å². The van der Waals surface area contributed by atoms with Crippen LogP contribution in [0.4, 0.5) is 11.4 Å². The predicted octanol–water partition coefficient (Wildman–Crippen LogP) is 5.53. The molecule has 198 valence electrons. The molecule has 1 fully saturated rings. The average molecular weight is 531 g/mol. The van der Waals surface area contributed by atoms with Crippen molar-refractivity contribution in [2.75, 3.05) is 17.3 Å². The molecule has 1 aromatic heterocycles. The van der Waals surface area contributed by atoms with Crippen molar-refractivity contribution in [3.63, 3.8) is 0 Å². The minimum Gasteiger partial charge on any atom is -0.497 e. The van der Waals surface area contributed by atoms with Crippen molar-refractivity contribution in [2.24, 2.45) is 5.92 Å². The summed E-state index contributed by atoms with van der Waals surface area (Å²) in [5.74, 6) is -1.41. The third-order valence-electron chi connectivity index (χ3n) is 8.55. The van der Waals surface area contributed by atoms with Crippen molar-refractivity contribution in [1.29, 1.82) is 0 Å². The van der Waals surface area contributed by atoms with E-state index in [9.17, 15) is 14.4 Å². The minimum atomic E-state index is -1.38. The number of methoxy groups -OCH3 is 1. The molecule has 0 radical (unpaired) electrons. The van der Waals surface area contributed by atoms with Gasteiger partial charge in [-0.15, -0.1) is 0 Å². The number of Topliss-reactive ketones (excluding diaryl/α,β-unsaturated/α-hetero) is 2. The second kappa shape index (κ2) is 8.81. The van der Waals surface area contributed by atoms with Crippen molar-refractivity contribution < 1.29 is 23.5 Å². The van der Waals surface area contributed by atoms with Gasteiger partial charge >= 0.3 is 0 Å². The zero-order valence-corrected chi connectivity index (χ0v) is 22.0. The third kappa shape index (κ3) is 3.14. The van der Waals surface area contributed by atoms with Crippen LogP contribution in [-0.2, 0) is 10.2 Å². The molecule has 7 heteroatoms. The van der Waals surface area contributed by atoms with Crippen molar-refractivity contribution in [2.45, 2.75) is 24.4 Å². The van der Waals surface area contributed by atoms with E-state index in [-0.39, 0.29) is 17.5 Å². The third-order valence-corrected chi connectivity index (χ3v) is 8.55.